The van der Waals surface area contributed by atoms with Gasteiger partial charge in [0.15, 0.2) is 0 Å². The Morgan fingerprint density at radius 2 is 1.94 bits per heavy atom. The molecule has 1 aromatic carbocycles. The minimum absolute atomic E-state index is 0.0837. The number of carbonyl (C=O) groups is 1. The van der Waals surface area contributed by atoms with Crippen molar-refractivity contribution in [3.05, 3.63) is 29.8 Å². The smallest absolute Gasteiger partial charge is 0.225 e. The number of anilines is 1. The molecule has 3 heteroatoms. The van der Waals surface area contributed by atoms with Gasteiger partial charge in [-0.05, 0) is 36.5 Å². The highest BCUT2D eigenvalue weighted by molar-refractivity contribution is 5.90. The maximum Gasteiger partial charge on any atom is 0.225 e. The Kier molecular flexibility index (Phi) is 4.37. The lowest BCUT2D eigenvalue weighted by atomic mass is 10.0. The topological polar surface area (TPSA) is 41.1 Å². The van der Waals surface area contributed by atoms with Crippen LogP contribution >= 0.6 is 0 Å². The minimum atomic E-state index is 0.0837. The van der Waals surface area contributed by atoms with E-state index in [-0.39, 0.29) is 5.91 Å². The molecule has 1 saturated carbocycles. The van der Waals surface area contributed by atoms with Crippen molar-refractivity contribution >= 4 is 11.6 Å². The molecule has 0 radical (unpaired) electrons. The van der Waals surface area contributed by atoms with Gasteiger partial charge in [0.2, 0.25) is 5.91 Å². The van der Waals surface area contributed by atoms with Gasteiger partial charge in [0.1, 0.15) is 0 Å². The van der Waals surface area contributed by atoms with E-state index >= 15 is 0 Å². The molecule has 0 spiro atoms. The highest BCUT2D eigenvalue weighted by atomic mass is 16.1. The molecule has 0 aromatic heterocycles. The zero-order valence-electron chi connectivity index (χ0n) is 11.2. The number of benzene rings is 1. The van der Waals surface area contributed by atoms with Crippen LogP contribution in [0.5, 0.6) is 0 Å². The third-order valence-electron chi connectivity index (χ3n) is 3.22. The summed E-state index contributed by atoms with van der Waals surface area (Å²) in [6.07, 6.45) is 3.07. The van der Waals surface area contributed by atoms with Crippen LogP contribution in [-0.4, -0.2) is 18.5 Å². The van der Waals surface area contributed by atoms with Crippen molar-refractivity contribution in [3.63, 3.8) is 0 Å². The van der Waals surface area contributed by atoms with Gasteiger partial charge in [-0.3, -0.25) is 4.79 Å². The number of amides is 1. The van der Waals surface area contributed by atoms with Crippen LogP contribution in [0.25, 0.3) is 0 Å². The maximum absolute atomic E-state index is 11.7. The summed E-state index contributed by atoms with van der Waals surface area (Å²) in [5.41, 5.74) is 2.18. The Hall–Kier alpha value is -1.35. The molecule has 1 aliphatic rings. The number of nitrogens with one attached hydrogen (secondary N) is 2. The molecule has 0 atom stereocenters. The molecule has 0 saturated heterocycles. The van der Waals surface area contributed by atoms with Gasteiger partial charge in [-0.2, -0.15) is 0 Å². The molecule has 1 fully saturated rings. The van der Waals surface area contributed by atoms with Gasteiger partial charge in [-0.25, -0.2) is 0 Å². The zero-order chi connectivity index (χ0) is 13.0. The lowest BCUT2D eigenvalue weighted by molar-refractivity contribution is -0.116. The normalized spacial score (nSPS) is 14.8. The molecular weight excluding hydrogens is 224 g/mol. The van der Waals surface area contributed by atoms with Crippen molar-refractivity contribution in [3.8, 4) is 0 Å². The van der Waals surface area contributed by atoms with Crippen LogP contribution in [-0.2, 0) is 4.79 Å². The number of hydrogen-bond donors (Lipinski definition) is 2. The molecule has 3 nitrogen and oxygen atoms in total. The van der Waals surface area contributed by atoms with E-state index in [1.54, 1.807) is 0 Å². The second-order valence-corrected chi connectivity index (χ2v) is 5.30. The maximum atomic E-state index is 11.7. The predicted molar refractivity (Wildman–Crippen MR) is 74.8 cm³/mol. The van der Waals surface area contributed by atoms with E-state index in [2.05, 4.69) is 36.6 Å². The summed E-state index contributed by atoms with van der Waals surface area (Å²) in [6.45, 7) is 5.11. The van der Waals surface area contributed by atoms with E-state index in [1.807, 2.05) is 12.1 Å². The standard InChI is InChI=1S/C15H22N2O/c1-11(2)12-3-5-14(6-4-12)17-15(18)9-10-16-13-7-8-13/h3-6,11,13,16H,7-10H2,1-2H3,(H,17,18). The summed E-state index contributed by atoms with van der Waals surface area (Å²) < 4.78 is 0. The summed E-state index contributed by atoms with van der Waals surface area (Å²) in [6, 6.07) is 8.76. The summed E-state index contributed by atoms with van der Waals surface area (Å²) >= 11 is 0. The molecule has 98 valence electrons. The van der Waals surface area contributed by atoms with Gasteiger partial charge < -0.3 is 10.6 Å². The van der Waals surface area contributed by atoms with Crippen molar-refractivity contribution in [2.75, 3.05) is 11.9 Å². The van der Waals surface area contributed by atoms with Crippen LogP contribution in [0, 0.1) is 0 Å². The molecular formula is C15H22N2O. The van der Waals surface area contributed by atoms with Crippen molar-refractivity contribution in [2.24, 2.45) is 0 Å². The van der Waals surface area contributed by atoms with E-state index in [0.717, 1.165) is 12.2 Å². The van der Waals surface area contributed by atoms with Crippen molar-refractivity contribution < 1.29 is 4.79 Å². The highest BCUT2D eigenvalue weighted by Gasteiger charge is 2.20. The SMILES string of the molecule is CC(C)c1ccc(NC(=O)CCNC2CC2)cc1. The monoisotopic (exact) mass is 246 g/mol. The van der Waals surface area contributed by atoms with Crippen LogP contribution < -0.4 is 10.6 Å². The van der Waals surface area contributed by atoms with Crippen molar-refractivity contribution in [2.45, 2.75) is 45.1 Å². The fourth-order valence-electron chi connectivity index (χ4n) is 1.85. The molecule has 1 aliphatic carbocycles. The molecule has 1 aromatic rings. The summed E-state index contributed by atoms with van der Waals surface area (Å²) in [5.74, 6) is 0.609. The lowest BCUT2D eigenvalue weighted by Gasteiger charge is -2.08. The Bertz CT molecular complexity index is 393. The van der Waals surface area contributed by atoms with Crippen LogP contribution in [0.4, 0.5) is 5.69 Å². The average molecular weight is 246 g/mol. The second kappa shape index (κ2) is 6.01. The van der Waals surface area contributed by atoms with Crippen molar-refractivity contribution in [1.29, 1.82) is 0 Å². The molecule has 0 aliphatic heterocycles. The minimum Gasteiger partial charge on any atom is -0.326 e. The van der Waals surface area contributed by atoms with Crippen LogP contribution in [0.1, 0.15) is 44.6 Å². The molecule has 2 rings (SSSR count). The molecule has 0 heterocycles. The summed E-state index contributed by atoms with van der Waals surface area (Å²) in [7, 11) is 0. The van der Waals surface area contributed by atoms with Gasteiger partial charge >= 0.3 is 0 Å². The first-order chi connectivity index (χ1) is 8.65. The van der Waals surface area contributed by atoms with Crippen LogP contribution in [0.3, 0.4) is 0 Å². The van der Waals surface area contributed by atoms with Gasteiger partial charge in [-0.1, -0.05) is 26.0 Å². The Balaban J connectivity index is 1.75. The first kappa shape index (κ1) is 13.1. The zero-order valence-corrected chi connectivity index (χ0v) is 11.2. The molecule has 0 unspecified atom stereocenters. The van der Waals surface area contributed by atoms with Crippen molar-refractivity contribution in [1.82, 2.24) is 5.32 Å². The fraction of sp³-hybridized carbons (Fsp3) is 0.533. The number of carbonyl (C=O) groups excluding carboxylic acids is 1. The van der Waals surface area contributed by atoms with E-state index in [1.165, 1.54) is 18.4 Å². The first-order valence-corrected chi connectivity index (χ1v) is 6.78. The van der Waals surface area contributed by atoms with Crippen LogP contribution in [0.15, 0.2) is 24.3 Å². The van der Waals surface area contributed by atoms with E-state index < -0.39 is 0 Å². The van der Waals surface area contributed by atoms with Gasteiger partial charge in [0.25, 0.3) is 0 Å². The largest absolute Gasteiger partial charge is 0.326 e. The first-order valence-electron chi connectivity index (χ1n) is 6.78. The molecule has 1 amide bonds. The van der Waals surface area contributed by atoms with E-state index in [9.17, 15) is 4.79 Å². The third kappa shape index (κ3) is 4.15. The molecule has 0 bridgehead atoms. The molecule has 2 N–H and O–H groups in total. The predicted octanol–water partition coefficient (Wildman–Crippen LogP) is 2.89. The Labute approximate surface area is 109 Å². The second-order valence-electron chi connectivity index (χ2n) is 5.30. The Morgan fingerprint density at radius 1 is 1.28 bits per heavy atom. The van der Waals surface area contributed by atoms with Crippen LogP contribution in [0.2, 0.25) is 0 Å². The van der Waals surface area contributed by atoms with Gasteiger partial charge in [0, 0.05) is 24.7 Å². The Morgan fingerprint density at radius 3 is 2.50 bits per heavy atom. The van der Waals surface area contributed by atoms with Gasteiger partial charge in [-0.15, -0.1) is 0 Å². The molecule has 18 heavy (non-hydrogen) atoms. The summed E-state index contributed by atoms with van der Waals surface area (Å²) in [4.78, 5) is 11.7. The van der Waals surface area contributed by atoms with Gasteiger partial charge in [0.05, 0.1) is 0 Å². The van der Waals surface area contributed by atoms with E-state index in [0.29, 0.717) is 18.4 Å². The fourth-order valence-corrected chi connectivity index (χ4v) is 1.85. The number of rotatable bonds is 6. The quantitative estimate of drug-likeness (QED) is 0.810. The van der Waals surface area contributed by atoms with E-state index in [4.69, 9.17) is 0 Å². The highest BCUT2D eigenvalue weighted by Crippen LogP contribution is 2.19. The number of hydrogen-bond acceptors (Lipinski definition) is 2. The average Bonchev–Trinajstić information content (AvgIpc) is 3.13. The lowest BCUT2D eigenvalue weighted by Crippen LogP contribution is -2.23. The summed E-state index contributed by atoms with van der Waals surface area (Å²) in [5, 5.41) is 6.26. The third-order valence-corrected chi connectivity index (χ3v) is 3.22.